The van der Waals surface area contributed by atoms with Crippen LogP contribution in [0.25, 0.3) is 0 Å². The van der Waals surface area contributed by atoms with E-state index in [0.717, 1.165) is 32.5 Å². The van der Waals surface area contributed by atoms with Crippen molar-refractivity contribution in [3.63, 3.8) is 0 Å². The molecule has 1 saturated heterocycles. The summed E-state index contributed by atoms with van der Waals surface area (Å²) in [4.78, 5) is 14.4. The van der Waals surface area contributed by atoms with Crippen molar-refractivity contribution in [2.75, 3.05) is 25.0 Å². The van der Waals surface area contributed by atoms with Gasteiger partial charge in [-0.25, -0.2) is 0 Å². The smallest absolute Gasteiger partial charge is 0.224 e. The van der Waals surface area contributed by atoms with Gasteiger partial charge in [-0.05, 0) is 36.8 Å². The summed E-state index contributed by atoms with van der Waals surface area (Å²) in [6.07, 6.45) is 5.45. The molecule has 1 N–H and O–H groups in total. The molecular weight excluding hydrogens is 272 g/mol. The molecule has 1 amide bonds. The predicted molar refractivity (Wildman–Crippen MR) is 93.4 cm³/mol. The molecular formula is C19H30N2O. The molecule has 1 aliphatic heterocycles. The largest absolute Gasteiger partial charge is 0.384 e. The molecule has 0 spiro atoms. The number of carbonyl (C=O) groups excluding carboxylic acids is 1. The van der Waals surface area contributed by atoms with E-state index in [1.807, 2.05) is 0 Å². The number of para-hydroxylation sites is 1. The highest BCUT2D eigenvalue weighted by molar-refractivity contribution is 5.77. The van der Waals surface area contributed by atoms with Crippen LogP contribution in [0.1, 0.15) is 63.0 Å². The van der Waals surface area contributed by atoms with Crippen LogP contribution >= 0.6 is 0 Å². The summed E-state index contributed by atoms with van der Waals surface area (Å²) in [5, 5.41) is 3.50. The molecule has 0 saturated carbocycles. The highest BCUT2D eigenvalue weighted by Gasteiger charge is 2.15. The predicted octanol–water partition coefficient (Wildman–Crippen LogP) is 4.32. The van der Waals surface area contributed by atoms with Gasteiger partial charge in [0.1, 0.15) is 0 Å². The summed E-state index contributed by atoms with van der Waals surface area (Å²) in [6.45, 7) is 9.16. The second kappa shape index (κ2) is 8.21. The molecule has 1 aromatic carbocycles. The number of nitrogens with one attached hydrogen (secondary N) is 1. The minimum absolute atomic E-state index is 0.300. The summed E-state index contributed by atoms with van der Waals surface area (Å²) in [6, 6.07) is 6.42. The van der Waals surface area contributed by atoms with Gasteiger partial charge in [0.25, 0.3) is 0 Å². The lowest BCUT2D eigenvalue weighted by atomic mass is 9.98. The van der Waals surface area contributed by atoms with Crippen LogP contribution < -0.4 is 5.32 Å². The molecule has 3 nitrogen and oxygen atoms in total. The topological polar surface area (TPSA) is 32.3 Å². The van der Waals surface area contributed by atoms with Crippen LogP contribution in [0.5, 0.6) is 0 Å². The molecule has 0 aromatic heterocycles. The van der Waals surface area contributed by atoms with E-state index >= 15 is 0 Å². The number of hydrogen-bond acceptors (Lipinski definition) is 2. The van der Waals surface area contributed by atoms with E-state index < -0.39 is 0 Å². The van der Waals surface area contributed by atoms with Crippen LogP contribution in [0.15, 0.2) is 18.2 Å². The van der Waals surface area contributed by atoms with Crippen molar-refractivity contribution in [3.05, 3.63) is 29.3 Å². The summed E-state index contributed by atoms with van der Waals surface area (Å²) < 4.78 is 0. The summed E-state index contributed by atoms with van der Waals surface area (Å²) in [5.74, 6) is 0.790. The first-order chi connectivity index (χ1) is 10.6. The lowest BCUT2D eigenvalue weighted by Gasteiger charge is -2.21. The zero-order valence-electron chi connectivity index (χ0n) is 14.3. The lowest BCUT2D eigenvalue weighted by Crippen LogP contribution is -2.33. The van der Waals surface area contributed by atoms with Crippen molar-refractivity contribution in [2.45, 2.75) is 58.8 Å². The van der Waals surface area contributed by atoms with Crippen molar-refractivity contribution in [2.24, 2.45) is 0 Å². The maximum atomic E-state index is 12.3. The minimum Gasteiger partial charge on any atom is -0.384 e. The minimum atomic E-state index is 0.300. The van der Waals surface area contributed by atoms with E-state index in [0.29, 0.717) is 18.2 Å². The average Bonchev–Trinajstić information content (AvgIpc) is 2.77. The SMILES string of the molecule is Cc1cccc(C(C)C)c1NCCC(=O)N1CCCCCC1. The third-order valence-corrected chi connectivity index (χ3v) is 4.53. The van der Waals surface area contributed by atoms with Gasteiger partial charge in [0.15, 0.2) is 0 Å². The fraction of sp³-hybridized carbons (Fsp3) is 0.632. The Labute approximate surface area is 135 Å². The maximum Gasteiger partial charge on any atom is 0.224 e. The van der Waals surface area contributed by atoms with Gasteiger partial charge in [-0.15, -0.1) is 0 Å². The number of hydrogen-bond donors (Lipinski definition) is 1. The molecule has 1 aliphatic rings. The molecule has 0 bridgehead atoms. The number of benzene rings is 1. The summed E-state index contributed by atoms with van der Waals surface area (Å²) >= 11 is 0. The number of anilines is 1. The molecule has 0 atom stereocenters. The van der Waals surface area contributed by atoms with Crippen LogP contribution in [0, 0.1) is 6.92 Å². The fourth-order valence-corrected chi connectivity index (χ4v) is 3.19. The van der Waals surface area contributed by atoms with E-state index in [1.54, 1.807) is 0 Å². The van der Waals surface area contributed by atoms with Crippen molar-refractivity contribution in [1.29, 1.82) is 0 Å². The Morgan fingerprint density at radius 1 is 1.18 bits per heavy atom. The van der Waals surface area contributed by atoms with Gasteiger partial charge in [0, 0.05) is 31.7 Å². The zero-order valence-corrected chi connectivity index (χ0v) is 14.3. The van der Waals surface area contributed by atoms with Gasteiger partial charge in [0.2, 0.25) is 5.91 Å². The number of aryl methyl sites for hydroxylation is 1. The highest BCUT2D eigenvalue weighted by Crippen LogP contribution is 2.27. The van der Waals surface area contributed by atoms with Crippen molar-refractivity contribution in [3.8, 4) is 0 Å². The average molecular weight is 302 g/mol. The molecule has 0 aliphatic carbocycles. The first kappa shape index (κ1) is 16.9. The second-order valence-electron chi connectivity index (χ2n) is 6.67. The first-order valence-corrected chi connectivity index (χ1v) is 8.70. The summed E-state index contributed by atoms with van der Waals surface area (Å²) in [7, 11) is 0. The molecule has 3 heteroatoms. The van der Waals surface area contributed by atoms with Crippen LogP contribution in [-0.2, 0) is 4.79 Å². The van der Waals surface area contributed by atoms with E-state index in [-0.39, 0.29) is 0 Å². The zero-order chi connectivity index (χ0) is 15.9. The molecule has 0 unspecified atom stereocenters. The Hall–Kier alpha value is -1.51. The van der Waals surface area contributed by atoms with Gasteiger partial charge >= 0.3 is 0 Å². The second-order valence-corrected chi connectivity index (χ2v) is 6.67. The Morgan fingerprint density at radius 2 is 1.86 bits per heavy atom. The van der Waals surface area contributed by atoms with Gasteiger partial charge < -0.3 is 10.2 Å². The maximum absolute atomic E-state index is 12.3. The van der Waals surface area contributed by atoms with Crippen LogP contribution in [-0.4, -0.2) is 30.4 Å². The Bertz CT molecular complexity index is 488. The molecule has 2 rings (SSSR count). The molecule has 1 fully saturated rings. The highest BCUT2D eigenvalue weighted by atomic mass is 16.2. The standard InChI is InChI=1S/C19H30N2O/c1-15(2)17-10-8-9-16(3)19(17)20-12-11-18(22)21-13-6-4-5-7-14-21/h8-10,15,20H,4-7,11-14H2,1-3H3. The van der Waals surface area contributed by atoms with E-state index in [2.05, 4.69) is 49.2 Å². The van der Waals surface area contributed by atoms with Crippen LogP contribution in [0.2, 0.25) is 0 Å². The van der Waals surface area contributed by atoms with Crippen molar-refractivity contribution < 1.29 is 4.79 Å². The van der Waals surface area contributed by atoms with Gasteiger partial charge in [-0.3, -0.25) is 4.79 Å². The molecule has 22 heavy (non-hydrogen) atoms. The Morgan fingerprint density at radius 3 is 2.50 bits per heavy atom. The third kappa shape index (κ3) is 4.49. The molecule has 0 radical (unpaired) electrons. The lowest BCUT2D eigenvalue weighted by molar-refractivity contribution is -0.130. The molecule has 1 heterocycles. The van der Waals surface area contributed by atoms with Gasteiger partial charge in [-0.1, -0.05) is 44.9 Å². The molecule has 122 valence electrons. The third-order valence-electron chi connectivity index (χ3n) is 4.53. The number of nitrogens with zero attached hydrogens (tertiary/aromatic N) is 1. The van der Waals surface area contributed by atoms with Crippen LogP contribution in [0.3, 0.4) is 0 Å². The normalized spacial score (nSPS) is 15.7. The number of likely N-dealkylation sites (tertiary alicyclic amines) is 1. The first-order valence-electron chi connectivity index (χ1n) is 8.70. The van der Waals surface area contributed by atoms with Crippen molar-refractivity contribution in [1.82, 2.24) is 4.90 Å². The van der Waals surface area contributed by atoms with Gasteiger partial charge in [0.05, 0.1) is 0 Å². The van der Waals surface area contributed by atoms with E-state index in [1.165, 1.54) is 29.7 Å². The van der Waals surface area contributed by atoms with Crippen LogP contribution in [0.4, 0.5) is 5.69 Å². The van der Waals surface area contributed by atoms with E-state index in [9.17, 15) is 4.79 Å². The van der Waals surface area contributed by atoms with E-state index in [4.69, 9.17) is 0 Å². The van der Waals surface area contributed by atoms with Gasteiger partial charge in [-0.2, -0.15) is 0 Å². The summed E-state index contributed by atoms with van der Waals surface area (Å²) in [5.41, 5.74) is 3.80. The Kier molecular flexibility index (Phi) is 6.29. The number of rotatable bonds is 5. The monoisotopic (exact) mass is 302 g/mol. The Balaban J connectivity index is 1.89. The quantitative estimate of drug-likeness (QED) is 0.878. The number of carbonyl (C=O) groups is 1. The fourth-order valence-electron chi connectivity index (χ4n) is 3.19. The van der Waals surface area contributed by atoms with Crippen molar-refractivity contribution >= 4 is 11.6 Å². The number of amides is 1. The molecule has 1 aromatic rings.